The van der Waals surface area contributed by atoms with Crippen LogP contribution in [0.5, 0.6) is 5.75 Å². The summed E-state index contributed by atoms with van der Waals surface area (Å²) in [5.41, 5.74) is 0.999. The molecular weight excluding hydrogens is 540 g/mol. The fourth-order valence-electron chi connectivity index (χ4n) is 4.36. The predicted octanol–water partition coefficient (Wildman–Crippen LogP) is 9.70. The summed E-state index contributed by atoms with van der Waals surface area (Å²) in [5, 5.41) is -1.34. The third-order valence-corrected chi connectivity index (χ3v) is 6.54. The highest BCUT2D eigenvalue weighted by molar-refractivity contribution is 5.88. The second-order valence-electron chi connectivity index (χ2n) is 9.03. The van der Waals surface area contributed by atoms with Gasteiger partial charge in [0.05, 0.1) is 10.9 Å². The number of alkyl halides is 2. The van der Waals surface area contributed by atoms with E-state index in [0.29, 0.717) is 17.7 Å². The summed E-state index contributed by atoms with van der Waals surface area (Å²) in [6.45, 7) is 2.01. The zero-order valence-electron chi connectivity index (χ0n) is 20.6. The highest BCUT2D eigenvalue weighted by atomic mass is 19.3. The topological polar surface area (TPSA) is 9.23 Å². The van der Waals surface area contributed by atoms with E-state index in [-0.39, 0.29) is 5.56 Å². The first-order valence-electron chi connectivity index (χ1n) is 12.0. The van der Waals surface area contributed by atoms with Gasteiger partial charge in [-0.2, -0.15) is 13.2 Å². The Labute approximate surface area is 223 Å². The minimum absolute atomic E-state index is 0.368. The van der Waals surface area contributed by atoms with Crippen molar-refractivity contribution in [1.82, 2.24) is 0 Å². The third kappa shape index (κ3) is 4.87. The number of ether oxygens (including phenoxy) is 1. The Balaban J connectivity index is 1.43. The Morgan fingerprint density at radius 1 is 0.600 bits per heavy atom. The Morgan fingerprint density at radius 3 is 1.85 bits per heavy atom. The SMILES string of the molecule is CCc1ccc(-c2ccc(C(F)(F)Oc3ccc(-c4cc(F)c5c(F)c(F)c(F)cc5c4)c(F)c3F)cc2)cc1. The largest absolute Gasteiger partial charge is 0.426 e. The molecule has 0 unspecified atom stereocenters. The maximum atomic E-state index is 14.9. The Bertz CT molecular complexity index is 1730. The molecule has 0 N–H and O–H groups in total. The number of hydrogen-bond acceptors (Lipinski definition) is 1. The van der Waals surface area contributed by atoms with E-state index >= 15 is 0 Å². The van der Waals surface area contributed by atoms with Crippen molar-refractivity contribution in [2.24, 2.45) is 0 Å². The molecule has 5 aromatic rings. The van der Waals surface area contributed by atoms with Crippen LogP contribution in [0.2, 0.25) is 0 Å². The molecule has 0 heterocycles. The standard InChI is InChI=1S/C31H18F8O/c1-2-16-3-5-17(6-4-16)18-7-9-21(10-8-18)31(38,39)40-25-12-11-22(27(34)29(25)36)19-13-20-15-24(33)28(35)30(37)26(20)23(32)14-19/h3-15H,2H2,1H3. The van der Waals surface area contributed by atoms with Crippen molar-refractivity contribution in [3.63, 3.8) is 0 Å². The molecule has 204 valence electrons. The van der Waals surface area contributed by atoms with Crippen LogP contribution >= 0.6 is 0 Å². The van der Waals surface area contributed by atoms with Crippen molar-refractivity contribution in [3.05, 3.63) is 125 Å². The molecule has 40 heavy (non-hydrogen) atoms. The Morgan fingerprint density at radius 2 is 1.23 bits per heavy atom. The first-order chi connectivity index (χ1) is 19.0. The number of hydrogen-bond donors (Lipinski definition) is 0. The molecule has 0 aliphatic heterocycles. The van der Waals surface area contributed by atoms with Gasteiger partial charge in [-0.3, -0.25) is 0 Å². The van der Waals surface area contributed by atoms with Gasteiger partial charge in [-0.1, -0.05) is 43.3 Å². The van der Waals surface area contributed by atoms with Crippen LogP contribution in [-0.4, -0.2) is 0 Å². The fraction of sp³-hybridized carbons (Fsp3) is 0.0968. The zero-order valence-corrected chi connectivity index (χ0v) is 20.6. The van der Waals surface area contributed by atoms with Crippen molar-refractivity contribution >= 4 is 10.8 Å². The van der Waals surface area contributed by atoms with Crippen LogP contribution in [0.3, 0.4) is 0 Å². The normalized spacial score (nSPS) is 11.7. The predicted molar refractivity (Wildman–Crippen MR) is 135 cm³/mol. The summed E-state index contributed by atoms with van der Waals surface area (Å²) >= 11 is 0. The molecule has 0 fully saturated rings. The van der Waals surface area contributed by atoms with Crippen molar-refractivity contribution in [2.45, 2.75) is 19.5 Å². The second-order valence-corrected chi connectivity index (χ2v) is 9.03. The molecule has 0 aliphatic rings. The average Bonchev–Trinajstić information content (AvgIpc) is 2.94. The van der Waals surface area contributed by atoms with Gasteiger partial charge in [-0.05, 0) is 76.5 Å². The molecule has 0 bridgehead atoms. The summed E-state index contributed by atoms with van der Waals surface area (Å²) in [6, 6.07) is 16.2. The van der Waals surface area contributed by atoms with Gasteiger partial charge in [0.2, 0.25) is 5.82 Å². The monoisotopic (exact) mass is 558 g/mol. The Hall–Kier alpha value is -4.40. The number of fused-ring (bicyclic) bond motifs is 1. The molecule has 0 aromatic heterocycles. The average molecular weight is 558 g/mol. The number of aryl methyl sites for hydroxylation is 1. The van der Waals surface area contributed by atoms with Crippen LogP contribution < -0.4 is 4.74 Å². The van der Waals surface area contributed by atoms with E-state index in [1.807, 2.05) is 31.2 Å². The molecule has 0 saturated carbocycles. The van der Waals surface area contributed by atoms with Gasteiger partial charge in [-0.15, -0.1) is 0 Å². The van der Waals surface area contributed by atoms with Gasteiger partial charge >= 0.3 is 6.11 Å². The first-order valence-corrected chi connectivity index (χ1v) is 12.0. The first kappa shape index (κ1) is 27.2. The van der Waals surface area contributed by atoms with E-state index in [9.17, 15) is 35.1 Å². The van der Waals surface area contributed by atoms with E-state index in [4.69, 9.17) is 0 Å². The van der Waals surface area contributed by atoms with Crippen LogP contribution in [0, 0.1) is 34.9 Å². The van der Waals surface area contributed by atoms with Gasteiger partial charge in [0.1, 0.15) is 5.82 Å². The molecule has 0 saturated heterocycles. The summed E-state index contributed by atoms with van der Waals surface area (Å²) < 4.78 is 120. The highest BCUT2D eigenvalue weighted by Gasteiger charge is 2.36. The third-order valence-electron chi connectivity index (χ3n) is 6.54. The smallest absolute Gasteiger partial charge is 0.426 e. The van der Waals surface area contributed by atoms with Crippen LogP contribution in [0.25, 0.3) is 33.0 Å². The second kappa shape index (κ2) is 10.3. The van der Waals surface area contributed by atoms with Crippen molar-refractivity contribution in [1.29, 1.82) is 0 Å². The molecular formula is C31H18F8O. The molecule has 0 spiro atoms. The van der Waals surface area contributed by atoms with Crippen LogP contribution in [0.15, 0.2) is 78.9 Å². The van der Waals surface area contributed by atoms with E-state index in [2.05, 4.69) is 4.74 Å². The minimum Gasteiger partial charge on any atom is -0.426 e. The van der Waals surface area contributed by atoms with E-state index < -0.39 is 68.7 Å². The lowest BCUT2D eigenvalue weighted by molar-refractivity contribution is -0.187. The molecule has 5 rings (SSSR count). The molecule has 5 aromatic carbocycles. The lowest BCUT2D eigenvalue weighted by Gasteiger charge is -2.20. The minimum atomic E-state index is -4.05. The summed E-state index contributed by atoms with van der Waals surface area (Å²) in [4.78, 5) is 0. The summed E-state index contributed by atoms with van der Waals surface area (Å²) in [7, 11) is 0. The van der Waals surface area contributed by atoms with Crippen molar-refractivity contribution in [3.8, 4) is 28.0 Å². The molecule has 1 nitrogen and oxygen atoms in total. The quantitative estimate of drug-likeness (QED) is 0.149. The van der Waals surface area contributed by atoms with Crippen LogP contribution in [0.1, 0.15) is 18.1 Å². The fourth-order valence-corrected chi connectivity index (χ4v) is 4.36. The van der Waals surface area contributed by atoms with Gasteiger partial charge in [-0.25, -0.2) is 22.0 Å². The highest BCUT2D eigenvalue weighted by Crippen LogP contribution is 2.38. The lowest BCUT2D eigenvalue weighted by atomic mass is 9.99. The van der Waals surface area contributed by atoms with Gasteiger partial charge in [0.15, 0.2) is 29.0 Å². The van der Waals surface area contributed by atoms with Gasteiger partial charge in [0, 0.05) is 5.56 Å². The number of halogens is 8. The number of benzene rings is 5. The molecule has 0 amide bonds. The molecule has 0 radical (unpaired) electrons. The molecule has 9 heteroatoms. The molecule has 0 aliphatic carbocycles. The maximum absolute atomic E-state index is 14.9. The van der Waals surface area contributed by atoms with Crippen LogP contribution in [-0.2, 0) is 12.5 Å². The van der Waals surface area contributed by atoms with Gasteiger partial charge in [0.25, 0.3) is 0 Å². The van der Waals surface area contributed by atoms with E-state index in [0.717, 1.165) is 47.9 Å². The van der Waals surface area contributed by atoms with Crippen molar-refractivity contribution < 1.29 is 39.9 Å². The zero-order chi connectivity index (χ0) is 28.8. The summed E-state index contributed by atoms with van der Waals surface area (Å²) in [6.07, 6.45) is -3.20. The van der Waals surface area contributed by atoms with E-state index in [1.54, 1.807) is 0 Å². The van der Waals surface area contributed by atoms with Crippen LogP contribution in [0.4, 0.5) is 35.1 Å². The van der Waals surface area contributed by atoms with Gasteiger partial charge < -0.3 is 4.74 Å². The number of rotatable bonds is 6. The Kier molecular flexibility index (Phi) is 6.99. The summed E-state index contributed by atoms with van der Waals surface area (Å²) in [5.74, 6) is -11.2. The van der Waals surface area contributed by atoms with E-state index in [1.165, 1.54) is 12.1 Å². The lowest BCUT2D eigenvalue weighted by Crippen LogP contribution is -2.22. The maximum Gasteiger partial charge on any atom is 0.426 e. The molecule has 0 atom stereocenters. The van der Waals surface area contributed by atoms with Crippen molar-refractivity contribution in [2.75, 3.05) is 0 Å².